The van der Waals surface area contributed by atoms with Gasteiger partial charge in [0, 0.05) is 19.3 Å². The third kappa shape index (κ3) is 57.7. The third-order valence-corrected chi connectivity index (χ3v) is 13.4. The number of unbranched alkanes of at least 4 members (excludes halogenated alkanes) is 33. The Morgan fingerprint density at radius 2 is 0.556 bits per heavy atom. The molecule has 0 spiro atoms. The molecule has 0 bridgehead atoms. The minimum absolute atomic E-state index is 0.0927. The van der Waals surface area contributed by atoms with E-state index in [1.54, 1.807) is 0 Å². The number of esters is 3. The fourth-order valence-electron chi connectivity index (χ4n) is 8.83. The normalized spacial score (nSPS) is 12.5. The predicted molar refractivity (Wildman–Crippen MR) is 311 cm³/mol. The molecule has 0 aromatic heterocycles. The summed E-state index contributed by atoms with van der Waals surface area (Å²) in [6, 6.07) is 0. The summed E-state index contributed by atoms with van der Waals surface area (Å²) in [6.07, 6.45) is 77.6. The van der Waals surface area contributed by atoms with Gasteiger partial charge in [0.25, 0.3) is 0 Å². The molecule has 0 aliphatic rings. The van der Waals surface area contributed by atoms with E-state index >= 15 is 0 Å². The predicted octanol–water partition coefficient (Wildman–Crippen LogP) is 20.9. The van der Waals surface area contributed by atoms with Gasteiger partial charge < -0.3 is 14.2 Å². The van der Waals surface area contributed by atoms with Crippen molar-refractivity contribution in [1.82, 2.24) is 0 Å². The summed E-state index contributed by atoms with van der Waals surface area (Å²) in [5.41, 5.74) is 0. The van der Waals surface area contributed by atoms with Crippen LogP contribution in [0.1, 0.15) is 310 Å². The first-order chi connectivity index (χ1) is 35.5. The van der Waals surface area contributed by atoms with E-state index in [-0.39, 0.29) is 37.5 Å². The summed E-state index contributed by atoms with van der Waals surface area (Å²) >= 11 is 0. The zero-order valence-corrected chi connectivity index (χ0v) is 47.7. The molecule has 1 atom stereocenters. The Bertz CT molecular complexity index is 1340. The van der Waals surface area contributed by atoms with Crippen LogP contribution in [0.15, 0.2) is 72.9 Å². The fraction of sp³-hybridized carbons (Fsp3) is 0.773. The molecular weight excluding hydrogens is 889 g/mol. The van der Waals surface area contributed by atoms with Gasteiger partial charge in [0.1, 0.15) is 13.2 Å². The first kappa shape index (κ1) is 68.8. The molecule has 0 aromatic carbocycles. The summed E-state index contributed by atoms with van der Waals surface area (Å²) in [5.74, 6) is -0.942. The minimum Gasteiger partial charge on any atom is -0.462 e. The van der Waals surface area contributed by atoms with E-state index < -0.39 is 6.10 Å². The van der Waals surface area contributed by atoms with Crippen molar-refractivity contribution in [3.63, 3.8) is 0 Å². The standard InChI is InChI=1S/C66H116O6/c1-4-7-10-13-16-19-22-25-28-31-33-36-38-41-44-47-50-53-56-59-65(68)71-62-63(61-70-64(67)58-55-52-49-46-43-40-37-34-30-27-24-21-18-15-12-9-6-3)72-66(69)60-57-54-51-48-45-42-39-35-32-29-26-23-20-17-14-11-8-5-2/h9,12,18,21,27,30-31,33,37,40,46,49,63H,4-8,10-11,13-17,19-20,22-26,28-29,32,34-36,38-39,41-45,47-48,50-62H2,1-3H3/b12-9-,21-18-,30-27-,33-31-,40-37-,49-46-. The van der Waals surface area contributed by atoms with Crippen molar-refractivity contribution in [3.8, 4) is 0 Å². The Labute approximate surface area is 446 Å². The van der Waals surface area contributed by atoms with Crippen LogP contribution in [0.3, 0.4) is 0 Å². The van der Waals surface area contributed by atoms with Crippen molar-refractivity contribution in [2.24, 2.45) is 0 Å². The van der Waals surface area contributed by atoms with Crippen LogP contribution in [0.5, 0.6) is 0 Å². The maximum Gasteiger partial charge on any atom is 0.306 e. The number of carbonyl (C=O) groups excluding carboxylic acids is 3. The lowest BCUT2D eigenvalue weighted by molar-refractivity contribution is -0.167. The van der Waals surface area contributed by atoms with Gasteiger partial charge in [-0.3, -0.25) is 14.4 Å². The summed E-state index contributed by atoms with van der Waals surface area (Å²) in [7, 11) is 0. The molecule has 0 N–H and O–H groups in total. The highest BCUT2D eigenvalue weighted by molar-refractivity contribution is 5.71. The van der Waals surface area contributed by atoms with Crippen LogP contribution in [0.4, 0.5) is 0 Å². The van der Waals surface area contributed by atoms with E-state index in [0.717, 1.165) is 77.0 Å². The number of ether oxygens (including phenoxy) is 3. The maximum atomic E-state index is 12.9. The van der Waals surface area contributed by atoms with Crippen LogP contribution < -0.4 is 0 Å². The van der Waals surface area contributed by atoms with E-state index in [9.17, 15) is 14.4 Å². The van der Waals surface area contributed by atoms with Crippen LogP contribution in [0, 0.1) is 0 Å². The summed E-state index contributed by atoms with van der Waals surface area (Å²) in [4.78, 5) is 38.3. The van der Waals surface area contributed by atoms with Gasteiger partial charge in [-0.25, -0.2) is 0 Å². The van der Waals surface area contributed by atoms with Crippen molar-refractivity contribution >= 4 is 17.9 Å². The fourth-order valence-corrected chi connectivity index (χ4v) is 8.83. The highest BCUT2D eigenvalue weighted by Gasteiger charge is 2.19. The van der Waals surface area contributed by atoms with Crippen LogP contribution in [-0.4, -0.2) is 37.2 Å². The number of carbonyl (C=O) groups is 3. The summed E-state index contributed by atoms with van der Waals surface area (Å²) in [5, 5.41) is 0. The van der Waals surface area contributed by atoms with Gasteiger partial charge in [-0.05, 0) is 83.5 Å². The molecular formula is C66H116O6. The average Bonchev–Trinajstić information content (AvgIpc) is 3.38. The molecule has 0 rings (SSSR count). The van der Waals surface area contributed by atoms with Gasteiger partial charge in [-0.2, -0.15) is 0 Å². The first-order valence-electron chi connectivity index (χ1n) is 30.9. The van der Waals surface area contributed by atoms with E-state index in [0.29, 0.717) is 19.3 Å². The molecule has 0 saturated heterocycles. The molecule has 416 valence electrons. The van der Waals surface area contributed by atoms with Crippen molar-refractivity contribution in [2.75, 3.05) is 13.2 Å². The maximum absolute atomic E-state index is 12.9. The largest absolute Gasteiger partial charge is 0.462 e. The topological polar surface area (TPSA) is 78.9 Å². The number of allylic oxidation sites excluding steroid dienone is 12. The zero-order valence-electron chi connectivity index (χ0n) is 47.7. The molecule has 1 unspecified atom stereocenters. The summed E-state index contributed by atoms with van der Waals surface area (Å²) in [6.45, 7) is 6.51. The highest BCUT2D eigenvalue weighted by atomic mass is 16.6. The van der Waals surface area contributed by atoms with Crippen molar-refractivity contribution in [1.29, 1.82) is 0 Å². The summed E-state index contributed by atoms with van der Waals surface area (Å²) < 4.78 is 16.9. The third-order valence-electron chi connectivity index (χ3n) is 13.4. The molecule has 0 heterocycles. The van der Waals surface area contributed by atoms with E-state index in [4.69, 9.17) is 14.2 Å². The van der Waals surface area contributed by atoms with E-state index in [1.165, 1.54) is 186 Å². The Balaban J connectivity index is 4.43. The highest BCUT2D eigenvalue weighted by Crippen LogP contribution is 2.17. The lowest BCUT2D eigenvalue weighted by Crippen LogP contribution is -2.30. The van der Waals surface area contributed by atoms with Crippen LogP contribution >= 0.6 is 0 Å². The first-order valence-corrected chi connectivity index (χ1v) is 30.9. The van der Waals surface area contributed by atoms with E-state index in [2.05, 4.69) is 93.7 Å². The molecule has 0 aliphatic carbocycles. The van der Waals surface area contributed by atoms with Crippen LogP contribution in [-0.2, 0) is 28.6 Å². The number of hydrogen-bond acceptors (Lipinski definition) is 6. The van der Waals surface area contributed by atoms with Gasteiger partial charge in [-0.1, -0.05) is 280 Å². The smallest absolute Gasteiger partial charge is 0.306 e. The Morgan fingerprint density at radius 3 is 0.917 bits per heavy atom. The molecule has 0 aliphatic heterocycles. The molecule has 6 heteroatoms. The minimum atomic E-state index is -0.799. The Morgan fingerprint density at radius 1 is 0.292 bits per heavy atom. The molecule has 0 fully saturated rings. The lowest BCUT2D eigenvalue weighted by Gasteiger charge is -2.18. The van der Waals surface area contributed by atoms with Gasteiger partial charge in [0.15, 0.2) is 6.10 Å². The second-order valence-corrected chi connectivity index (χ2v) is 20.6. The van der Waals surface area contributed by atoms with Gasteiger partial charge in [-0.15, -0.1) is 0 Å². The van der Waals surface area contributed by atoms with Crippen molar-refractivity contribution in [3.05, 3.63) is 72.9 Å². The SMILES string of the molecule is CC/C=C\C/C=C\C/C=C\C/C=C\C/C=C\CCCC(=O)OCC(COC(=O)CCCCCCCCC/C=C\CCCCCCCCCC)OC(=O)CCCCCCCCCCCCCCCCCCCC. The quantitative estimate of drug-likeness (QED) is 0.0261. The molecule has 72 heavy (non-hydrogen) atoms. The molecule has 0 radical (unpaired) electrons. The number of rotatable bonds is 56. The van der Waals surface area contributed by atoms with Gasteiger partial charge >= 0.3 is 17.9 Å². The molecule has 6 nitrogen and oxygen atoms in total. The van der Waals surface area contributed by atoms with Crippen LogP contribution in [0.2, 0.25) is 0 Å². The second-order valence-electron chi connectivity index (χ2n) is 20.6. The van der Waals surface area contributed by atoms with Gasteiger partial charge in [0.2, 0.25) is 0 Å². The Hall–Kier alpha value is -3.15. The van der Waals surface area contributed by atoms with Gasteiger partial charge in [0.05, 0.1) is 0 Å². The average molecular weight is 1010 g/mol. The monoisotopic (exact) mass is 1000 g/mol. The van der Waals surface area contributed by atoms with Crippen LogP contribution in [0.25, 0.3) is 0 Å². The van der Waals surface area contributed by atoms with E-state index in [1.807, 2.05) is 0 Å². The molecule has 0 amide bonds. The zero-order chi connectivity index (χ0) is 52.2. The molecule has 0 saturated carbocycles. The van der Waals surface area contributed by atoms with Crippen molar-refractivity contribution in [2.45, 2.75) is 316 Å². The number of hydrogen-bond donors (Lipinski definition) is 0. The second kappa shape index (κ2) is 60.4. The Kier molecular flexibility index (Phi) is 57.8. The van der Waals surface area contributed by atoms with Crippen molar-refractivity contribution < 1.29 is 28.6 Å². The lowest BCUT2D eigenvalue weighted by atomic mass is 10.0. The molecule has 0 aromatic rings.